The van der Waals surface area contributed by atoms with Crippen molar-refractivity contribution >= 4 is 15.8 Å². The zero-order valence-electron chi connectivity index (χ0n) is 8.30. The summed E-state index contributed by atoms with van der Waals surface area (Å²) in [6.45, 7) is 0.546. The molecule has 3 N–H and O–H groups in total. The van der Waals surface area contributed by atoms with Crippen molar-refractivity contribution in [2.75, 3.05) is 26.0 Å². The molecule has 0 aliphatic carbocycles. The van der Waals surface area contributed by atoms with Crippen LogP contribution in [-0.2, 0) is 14.8 Å². The summed E-state index contributed by atoms with van der Waals surface area (Å²) in [4.78, 5) is 3.79. The highest BCUT2D eigenvalue weighted by molar-refractivity contribution is 7.89. The van der Waals surface area contributed by atoms with Crippen LogP contribution >= 0.6 is 0 Å². The summed E-state index contributed by atoms with van der Waals surface area (Å²) in [7, 11) is -2.00. The van der Waals surface area contributed by atoms with Gasteiger partial charge in [-0.2, -0.15) is 0 Å². The van der Waals surface area contributed by atoms with Crippen molar-refractivity contribution in [3.63, 3.8) is 0 Å². The molecule has 0 fully saturated rings. The molecule has 0 spiro atoms. The van der Waals surface area contributed by atoms with Crippen LogP contribution in [0.4, 0.5) is 5.82 Å². The van der Waals surface area contributed by atoms with Crippen molar-refractivity contribution in [1.82, 2.24) is 9.71 Å². The summed E-state index contributed by atoms with van der Waals surface area (Å²) in [6.07, 6.45) is 1.21. The summed E-state index contributed by atoms with van der Waals surface area (Å²) in [6, 6.07) is 2.84. The molecule has 7 heteroatoms. The average Bonchev–Trinajstić information content (AvgIpc) is 2.18. The van der Waals surface area contributed by atoms with Crippen molar-refractivity contribution in [3.8, 4) is 0 Å². The van der Waals surface area contributed by atoms with E-state index in [1.54, 1.807) is 0 Å². The van der Waals surface area contributed by atoms with Crippen LogP contribution in [0, 0.1) is 0 Å². The van der Waals surface area contributed by atoms with E-state index in [1.165, 1.54) is 25.4 Å². The number of ether oxygens (including phenoxy) is 1. The second-order valence-electron chi connectivity index (χ2n) is 2.81. The van der Waals surface area contributed by atoms with Crippen LogP contribution in [0.25, 0.3) is 0 Å². The third-order valence-electron chi connectivity index (χ3n) is 1.67. The number of methoxy groups -OCH3 is 1. The number of anilines is 1. The monoisotopic (exact) mass is 231 g/mol. The highest BCUT2D eigenvalue weighted by atomic mass is 32.2. The first-order valence-electron chi connectivity index (χ1n) is 4.26. The summed E-state index contributed by atoms with van der Waals surface area (Å²) in [5, 5.41) is 0. The molecule has 0 atom stereocenters. The zero-order valence-corrected chi connectivity index (χ0v) is 9.12. The molecule has 6 nitrogen and oxygen atoms in total. The SMILES string of the molecule is COCCNS(=O)(=O)c1ccc(N)nc1. The number of sulfonamides is 1. The van der Waals surface area contributed by atoms with Crippen molar-refractivity contribution in [1.29, 1.82) is 0 Å². The number of rotatable bonds is 5. The van der Waals surface area contributed by atoms with Crippen LogP contribution in [0.3, 0.4) is 0 Å². The second kappa shape index (κ2) is 5.06. The minimum Gasteiger partial charge on any atom is -0.384 e. The molecule has 0 bridgehead atoms. The predicted octanol–water partition coefficient (Wildman–Crippen LogP) is -0.412. The van der Waals surface area contributed by atoms with Crippen LogP contribution in [0.1, 0.15) is 0 Å². The average molecular weight is 231 g/mol. The Morgan fingerprint density at radius 2 is 2.27 bits per heavy atom. The number of nitrogen functional groups attached to an aromatic ring is 1. The number of pyridine rings is 1. The molecular weight excluding hydrogens is 218 g/mol. The molecule has 15 heavy (non-hydrogen) atoms. The Morgan fingerprint density at radius 1 is 1.53 bits per heavy atom. The van der Waals surface area contributed by atoms with Gasteiger partial charge < -0.3 is 10.5 Å². The van der Waals surface area contributed by atoms with Crippen molar-refractivity contribution < 1.29 is 13.2 Å². The number of nitrogens with zero attached hydrogens (tertiary/aromatic N) is 1. The van der Waals surface area contributed by atoms with Gasteiger partial charge in [-0.25, -0.2) is 18.1 Å². The van der Waals surface area contributed by atoms with Crippen LogP contribution in [0.5, 0.6) is 0 Å². The fraction of sp³-hybridized carbons (Fsp3) is 0.375. The topological polar surface area (TPSA) is 94.3 Å². The first-order valence-corrected chi connectivity index (χ1v) is 5.75. The number of hydrogen-bond acceptors (Lipinski definition) is 5. The first-order chi connectivity index (χ1) is 7.06. The third-order valence-corrected chi connectivity index (χ3v) is 3.11. The lowest BCUT2D eigenvalue weighted by Crippen LogP contribution is -2.27. The number of hydrogen-bond donors (Lipinski definition) is 2. The van der Waals surface area contributed by atoms with Gasteiger partial charge in [-0.05, 0) is 12.1 Å². The normalized spacial score (nSPS) is 11.5. The van der Waals surface area contributed by atoms with Gasteiger partial charge in [0.25, 0.3) is 0 Å². The summed E-state index contributed by atoms with van der Waals surface area (Å²) >= 11 is 0. The Hall–Kier alpha value is -1.18. The lowest BCUT2D eigenvalue weighted by Gasteiger charge is -2.05. The minimum absolute atomic E-state index is 0.0906. The molecule has 0 saturated carbocycles. The molecule has 0 unspecified atom stereocenters. The van der Waals surface area contributed by atoms with Gasteiger partial charge in [-0.1, -0.05) is 0 Å². The molecule has 84 valence electrons. The molecule has 0 aromatic carbocycles. The maximum absolute atomic E-state index is 11.6. The van der Waals surface area contributed by atoms with Crippen LogP contribution < -0.4 is 10.5 Å². The van der Waals surface area contributed by atoms with Crippen molar-refractivity contribution in [3.05, 3.63) is 18.3 Å². The van der Waals surface area contributed by atoms with Crippen molar-refractivity contribution in [2.24, 2.45) is 0 Å². The molecule has 1 aromatic heterocycles. The largest absolute Gasteiger partial charge is 0.384 e. The molecule has 0 radical (unpaired) electrons. The van der Waals surface area contributed by atoms with Crippen LogP contribution in [0.15, 0.2) is 23.2 Å². The molecule has 0 aliphatic rings. The predicted molar refractivity (Wildman–Crippen MR) is 55.7 cm³/mol. The molecular formula is C8H13N3O3S. The molecule has 0 saturated heterocycles. The summed E-state index contributed by atoms with van der Waals surface area (Å²) in [5.74, 6) is 0.283. The van der Waals surface area contributed by atoms with Gasteiger partial charge in [0.1, 0.15) is 10.7 Å². The van der Waals surface area contributed by atoms with E-state index in [4.69, 9.17) is 10.5 Å². The maximum Gasteiger partial charge on any atom is 0.242 e. The Morgan fingerprint density at radius 3 is 2.80 bits per heavy atom. The van der Waals surface area contributed by atoms with Gasteiger partial charge in [0.15, 0.2) is 0 Å². The van der Waals surface area contributed by atoms with Gasteiger partial charge in [0.2, 0.25) is 10.0 Å². The third kappa shape index (κ3) is 3.46. The summed E-state index contributed by atoms with van der Waals surface area (Å²) in [5.41, 5.74) is 5.35. The van der Waals surface area contributed by atoms with E-state index in [0.29, 0.717) is 6.61 Å². The molecule has 1 aromatic rings. The van der Waals surface area contributed by atoms with Crippen molar-refractivity contribution in [2.45, 2.75) is 4.90 Å². The second-order valence-corrected chi connectivity index (χ2v) is 4.58. The molecule has 0 amide bonds. The van der Waals surface area contributed by atoms with E-state index in [0.717, 1.165) is 0 Å². The maximum atomic E-state index is 11.6. The number of aromatic nitrogens is 1. The first kappa shape index (κ1) is 11.9. The zero-order chi connectivity index (χ0) is 11.3. The Bertz CT molecular complexity index is 402. The van der Waals surface area contributed by atoms with E-state index >= 15 is 0 Å². The highest BCUT2D eigenvalue weighted by Crippen LogP contribution is 2.07. The Labute approximate surface area is 88.5 Å². The standard InChI is InChI=1S/C8H13N3O3S/c1-14-5-4-11-15(12,13)7-2-3-8(9)10-6-7/h2-3,6,11H,4-5H2,1H3,(H2,9,10). The number of nitrogens with one attached hydrogen (secondary N) is 1. The van der Waals surface area contributed by atoms with Gasteiger partial charge >= 0.3 is 0 Å². The van der Waals surface area contributed by atoms with E-state index < -0.39 is 10.0 Å². The lowest BCUT2D eigenvalue weighted by atomic mass is 10.5. The van der Waals surface area contributed by atoms with Crippen LogP contribution in [-0.4, -0.2) is 33.7 Å². The Balaban J connectivity index is 2.73. The van der Waals surface area contributed by atoms with E-state index in [2.05, 4.69) is 9.71 Å². The van der Waals surface area contributed by atoms with Gasteiger partial charge in [-0.3, -0.25) is 0 Å². The number of nitrogens with two attached hydrogens (primary N) is 1. The van der Waals surface area contributed by atoms with Gasteiger partial charge in [-0.15, -0.1) is 0 Å². The van der Waals surface area contributed by atoms with E-state index in [9.17, 15) is 8.42 Å². The lowest BCUT2D eigenvalue weighted by molar-refractivity contribution is 0.204. The Kier molecular flexibility index (Phi) is 4.01. The molecule has 1 heterocycles. The van der Waals surface area contributed by atoms with Crippen LogP contribution in [0.2, 0.25) is 0 Å². The van der Waals surface area contributed by atoms with Gasteiger partial charge in [0.05, 0.1) is 6.61 Å². The molecule has 1 rings (SSSR count). The minimum atomic E-state index is -3.50. The van der Waals surface area contributed by atoms with E-state index in [-0.39, 0.29) is 17.3 Å². The quantitative estimate of drug-likeness (QED) is 0.672. The molecule has 0 aliphatic heterocycles. The fourth-order valence-corrected chi connectivity index (χ4v) is 1.87. The fourth-order valence-electron chi connectivity index (χ4n) is 0.912. The van der Waals surface area contributed by atoms with Gasteiger partial charge in [0, 0.05) is 19.9 Å². The highest BCUT2D eigenvalue weighted by Gasteiger charge is 2.12. The smallest absolute Gasteiger partial charge is 0.242 e. The van der Waals surface area contributed by atoms with E-state index in [1.807, 2.05) is 0 Å². The summed E-state index contributed by atoms with van der Waals surface area (Å²) < 4.78 is 30.2.